The van der Waals surface area contributed by atoms with Gasteiger partial charge in [0.25, 0.3) is 5.91 Å². The Morgan fingerprint density at radius 2 is 1.82 bits per heavy atom. The molecule has 1 aromatic carbocycles. The van der Waals surface area contributed by atoms with Gasteiger partial charge >= 0.3 is 0 Å². The molecular formula is C15H19FN2O3S. The number of halogens is 1. The average molecular weight is 326 g/mol. The number of nitrogens with zero attached hydrogens (tertiary/aromatic N) is 2. The molecule has 5 nitrogen and oxygen atoms in total. The fraction of sp³-hybridized carbons (Fsp3) is 0.533. The molecule has 0 aliphatic carbocycles. The minimum absolute atomic E-state index is 0.0655. The van der Waals surface area contributed by atoms with Crippen LogP contribution in [-0.2, 0) is 9.84 Å². The van der Waals surface area contributed by atoms with Crippen molar-refractivity contribution in [1.29, 1.82) is 0 Å². The second kappa shape index (κ2) is 5.96. The standard InChI is InChI=1S/C15H19FN2O3S/c16-14-4-2-1-3-13(14)15(19)18-8-6-17(7-9-18)12-5-10-22(20,21)11-12/h1-4,12H,5-11H2/t12-/m0/s1. The summed E-state index contributed by atoms with van der Waals surface area (Å²) in [5.41, 5.74) is 0.0967. The van der Waals surface area contributed by atoms with Gasteiger partial charge in [-0.25, -0.2) is 12.8 Å². The average Bonchev–Trinajstić information content (AvgIpc) is 2.87. The quantitative estimate of drug-likeness (QED) is 0.805. The zero-order valence-corrected chi connectivity index (χ0v) is 13.1. The van der Waals surface area contributed by atoms with Crippen molar-refractivity contribution < 1.29 is 17.6 Å². The summed E-state index contributed by atoms with van der Waals surface area (Å²) in [4.78, 5) is 16.1. The van der Waals surface area contributed by atoms with Gasteiger partial charge in [0.15, 0.2) is 9.84 Å². The van der Waals surface area contributed by atoms with Crippen LogP contribution >= 0.6 is 0 Å². The summed E-state index contributed by atoms with van der Waals surface area (Å²) in [5, 5.41) is 0. The summed E-state index contributed by atoms with van der Waals surface area (Å²) in [6.07, 6.45) is 0.670. The van der Waals surface area contributed by atoms with E-state index in [9.17, 15) is 17.6 Å². The third-order valence-electron chi connectivity index (χ3n) is 4.43. The SMILES string of the molecule is O=C(c1ccccc1F)N1CCN([C@H]2CCS(=O)(=O)C2)CC1. The van der Waals surface area contributed by atoms with Crippen LogP contribution in [0.5, 0.6) is 0 Å². The van der Waals surface area contributed by atoms with E-state index in [-0.39, 0.29) is 29.0 Å². The number of hydrogen-bond donors (Lipinski definition) is 0. The van der Waals surface area contributed by atoms with Crippen LogP contribution in [0.15, 0.2) is 24.3 Å². The molecule has 0 N–H and O–H groups in total. The molecule has 1 aromatic rings. The summed E-state index contributed by atoms with van der Waals surface area (Å²) >= 11 is 0. The lowest BCUT2D eigenvalue weighted by Gasteiger charge is -2.37. The molecule has 0 unspecified atom stereocenters. The van der Waals surface area contributed by atoms with Gasteiger partial charge in [0.1, 0.15) is 5.82 Å². The number of rotatable bonds is 2. The van der Waals surface area contributed by atoms with Gasteiger partial charge in [-0.2, -0.15) is 0 Å². The lowest BCUT2D eigenvalue weighted by atomic mass is 10.1. The fourth-order valence-corrected chi connectivity index (χ4v) is 4.92. The predicted molar refractivity (Wildman–Crippen MR) is 80.9 cm³/mol. The monoisotopic (exact) mass is 326 g/mol. The van der Waals surface area contributed by atoms with E-state index >= 15 is 0 Å². The highest BCUT2D eigenvalue weighted by Gasteiger charge is 2.34. The van der Waals surface area contributed by atoms with Gasteiger partial charge < -0.3 is 4.90 Å². The van der Waals surface area contributed by atoms with Crippen LogP contribution in [0.3, 0.4) is 0 Å². The van der Waals surface area contributed by atoms with E-state index < -0.39 is 15.7 Å². The molecule has 2 fully saturated rings. The van der Waals surface area contributed by atoms with Gasteiger partial charge in [0.2, 0.25) is 0 Å². The second-order valence-electron chi connectivity index (χ2n) is 5.86. The van der Waals surface area contributed by atoms with Gasteiger partial charge in [0, 0.05) is 32.2 Å². The second-order valence-corrected chi connectivity index (χ2v) is 8.09. The lowest BCUT2D eigenvalue weighted by Crippen LogP contribution is -2.52. The van der Waals surface area contributed by atoms with E-state index in [0.717, 1.165) is 0 Å². The van der Waals surface area contributed by atoms with Gasteiger partial charge in [0.05, 0.1) is 17.1 Å². The molecule has 3 rings (SSSR count). The first-order valence-corrected chi connectivity index (χ1v) is 9.27. The molecule has 1 atom stereocenters. The number of hydrogen-bond acceptors (Lipinski definition) is 4. The van der Waals surface area contributed by atoms with Crippen LogP contribution in [0.1, 0.15) is 16.8 Å². The molecule has 0 aromatic heterocycles. The van der Waals surface area contributed by atoms with Crippen molar-refractivity contribution in [3.05, 3.63) is 35.6 Å². The predicted octanol–water partition coefficient (Wildman–Crippen LogP) is 0.771. The highest BCUT2D eigenvalue weighted by Crippen LogP contribution is 2.20. The molecular weight excluding hydrogens is 307 g/mol. The van der Waals surface area contributed by atoms with Crippen LogP contribution in [0, 0.1) is 5.82 Å². The molecule has 0 radical (unpaired) electrons. The molecule has 2 aliphatic heterocycles. The third-order valence-corrected chi connectivity index (χ3v) is 6.18. The summed E-state index contributed by atoms with van der Waals surface area (Å²) < 4.78 is 36.8. The first-order chi connectivity index (χ1) is 10.5. The number of amides is 1. The number of carbonyl (C=O) groups excluding carboxylic acids is 1. The minimum atomic E-state index is -2.90. The zero-order valence-electron chi connectivity index (χ0n) is 12.2. The van der Waals surface area contributed by atoms with E-state index in [1.54, 1.807) is 17.0 Å². The van der Waals surface area contributed by atoms with Crippen molar-refractivity contribution in [2.24, 2.45) is 0 Å². The first-order valence-electron chi connectivity index (χ1n) is 7.44. The maximum absolute atomic E-state index is 13.7. The minimum Gasteiger partial charge on any atom is -0.336 e. The third kappa shape index (κ3) is 3.15. The molecule has 0 bridgehead atoms. The Labute approximate surface area is 129 Å². The first kappa shape index (κ1) is 15.4. The molecule has 120 valence electrons. The number of sulfone groups is 1. The number of piperazine rings is 1. The van der Waals surface area contributed by atoms with Crippen LogP contribution in [0.25, 0.3) is 0 Å². The maximum atomic E-state index is 13.7. The summed E-state index contributed by atoms with van der Waals surface area (Å²) in [5.74, 6) is -0.325. The van der Waals surface area contributed by atoms with E-state index in [0.29, 0.717) is 32.6 Å². The normalized spacial score (nSPS) is 25.3. The van der Waals surface area contributed by atoms with Crippen molar-refractivity contribution in [3.63, 3.8) is 0 Å². The summed E-state index contributed by atoms with van der Waals surface area (Å²) in [6.45, 7) is 2.29. The van der Waals surface area contributed by atoms with Gasteiger partial charge in [-0.3, -0.25) is 9.69 Å². The number of benzene rings is 1. The Kier molecular flexibility index (Phi) is 4.18. The van der Waals surface area contributed by atoms with Crippen molar-refractivity contribution in [3.8, 4) is 0 Å². The Hall–Kier alpha value is -1.47. The molecule has 2 aliphatic rings. The van der Waals surface area contributed by atoms with Gasteiger partial charge in [-0.05, 0) is 18.6 Å². The Bertz CT molecular complexity index is 669. The van der Waals surface area contributed by atoms with Crippen LogP contribution in [0.4, 0.5) is 4.39 Å². The van der Waals surface area contributed by atoms with Gasteiger partial charge in [-0.15, -0.1) is 0 Å². The lowest BCUT2D eigenvalue weighted by molar-refractivity contribution is 0.0583. The molecule has 1 amide bonds. The molecule has 2 heterocycles. The molecule has 0 spiro atoms. The van der Waals surface area contributed by atoms with E-state index in [4.69, 9.17) is 0 Å². The summed E-state index contributed by atoms with van der Waals surface area (Å²) in [6, 6.07) is 6.05. The van der Waals surface area contributed by atoms with Crippen LogP contribution < -0.4 is 0 Å². The largest absolute Gasteiger partial charge is 0.336 e. The van der Waals surface area contributed by atoms with Crippen LogP contribution in [-0.4, -0.2) is 67.9 Å². The smallest absolute Gasteiger partial charge is 0.256 e. The molecule has 2 saturated heterocycles. The van der Waals surface area contributed by atoms with Crippen molar-refractivity contribution in [2.45, 2.75) is 12.5 Å². The van der Waals surface area contributed by atoms with Crippen LogP contribution in [0.2, 0.25) is 0 Å². The Morgan fingerprint density at radius 3 is 2.41 bits per heavy atom. The van der Waals surface area contributed by atoms with Gasteiger partial charge in [-0.1, -0.05) is 12.1 Å². The topological polar surface area (TPSA) is 57.7 Å². The molecule has 22 heavy (non-hydrogen) atoms. The fourth-order valence-electron chi connectivity index (χ4n) is 3.16. The highest BCUT2D eigenvalue weighted by molar-refractivity contribution is 7.91. The molecule has 0 saturated carbocycles. The highest BCUT2D eigenvalue weighted by atomic mass is 32.2. The van der Waals surface area contributed by atoms with E-state index in [2.05, 4.69) is 4.90 Å². The number of carbonyl (C=O) groups is 1. The van der Waals surface area contributed by atoms with E-state index in [1.807, 2.05) is 0 Å². The summed E-state index contributed by atoms with van der Waals surface area (Å²) in [7, 11) is -2.90. The zero-order chi connectivity index (χ0) is 15.7. The van der Waals surface area contributed by atoms with Crippen molar-refractivity contribution in [2.75, 3.05) is 37.7 Å². The Balaban J connectivity index is 1.60. The maximum Gasteiger partial charge on any atom is 0.256 e. The molecule has 7 heteroatoms. The van der Waals surface area contributed by atoms with Crippen molar-refractivity contribution in [1.82, 2.24) is 9.80 Å². The van der Waals surface area contributed by atoms with E-state index in [1.165, 1.54) is 12.1 Å². The Morgan fingerprint density at radius 1 is 1.14 bits per heavy atom. The van der Waals surface area contributed by atoms with Crippen molar-refractivity contribution >= 4 is 15.7 Å².